The third-order valence-electron chi connectivity index (χ3n) is 14.4. The highest BCUT2D eigenvalue weighted by atomic mass is 16.5. The van der Waals surface area contributed by atoms with Gasteiger partial charge in [0.25, 0.3) is 0 Å². The van der Waals surface area contributed by atoms with Gasteiger partial charge in [0.1, 0.15) is 0 Å². The van der Waals surface area contributed by atoms with Crippen LogP contribution >= 0.6 is 0 Å². The summed E-state index contributed by atoms with van der Waals surface area (Å²) >= 11 is 0. The second kappa shape index (κ2) is 59.6. The van der Waals surface area contributed by atoms with Gasteiger partial charge in [-0.05, 0) is 89.9 Å². The number of ether oxygens (including phenoxy) is 1. The molecule has 0 saturated carbocycles. The van der Waals surface area contributed by atoms with Crippen molar-refractivity contribution >= 4 is 11.9 Å². The number of esters is 1. The number of aliphatic hydroxyl groups excluding tert-OH is 2. The summed E-state index contributed by atoms with van der Waals surface area (Å²) < 4.78 is 5.45. The van der Waals surface area contributed by atoms with Crippen LogP contribution in [0, 0.1) is 0 Å². The van der Waals surface area contributed by atoms with Crippen molar-refractivity contribution in [1.82, 2.24) is 5.32 Å². The van der Waals surface area contributed by atoms with Crippen molar-refractivity contribution < 1.29 is 24.5 Å². The number of allylic oxidation sites excluding steroid dienone is 6. The normalized spacial score (nSPS) is 12.8. The summed E-state index contributed by atoms with van der Waals surface area (Å²) in [5.41, 5.74) is 0. The number of unbranched alkanes of at least 4 members (excludes halogenated alkanes) is 41. The Bertz CT molecular complexity index is 1130. The molecule has 0 fully saturated rings. The fraction of sp³-hybridized carbons (Fsp3) is 0.875. The molecule has 0 aromatic carbocycles. The average molecular weight is 985 g/mol. The smallest absolute Gasteiger partial charge is 0.305 e. The molecular formula is C64H121NO5. The highest BCUT2D eigenvalue weighted by Gasteiger charge is 2.20. The Kier molecular flexibility index (Phi) is 58.0. The first kappa shape index (κ1) is 68.1. The minimum atomic E-state index is -0.683. The fourth-order valence-corrected chi connectivity index (χ4v) is 9.61. The van der Waals surface area contributed by atoms with Gasteiger partial charge in [0, 0.05) is 12.8 Å². The average Bonchev–Trinajstić information content (AvgIpc) is 3.36. The summed E-state index contributed by atoms with van der Waals surface area (Å²) in [6.07, 6.45) is 74.4. The maximum Gasteiger partial charge on any atom is 0.305 e. The molecular weight excluding hydrogens is 863 g/mol. The van der Waals surface area contributed by atoms with E-state index < -0.39 is 12.1 Å². The first-order valence-electron chi connectivity index (χ1n) is 31.2. The third kappa shape index (κ3) is 55.4. The molecule has 0 saturated heterocycles. The predicted molar refractivity (Wildman–Crippen MR) is 306 cm³/mol. The minimum absolute atomic E-state index is 0.0354. The molecule has 0 aromatic heterocycles. The third-order valence-corrected chi connectivity index (χ3v) is 14.4. The van der Waals surface area contributed by atoms with E-state index in [4.69, 9.17) is 4.74 Å². The first-order valence-corrected chi connectivity index (χ1v) is 31.2. The molecule has 2 unspecified atom stereocenters. The van der Waals surface area contributed by atoms with Gasteiger partial charge in [-0.3, -0.25) is 9.59 Å². The van der Waals surface area contributed by atoms with Crippen molar-refractivity contribution in [2.45, 2.75) is 347 Å². The number of nitrogens with one attached hydrogen (secondary N) is 1. The molecule has 3 N–H and O–H groups in total. The quantitative estimate of drug-likeness (QED) is 0.0321. The van der Waals surface area contributed by atoms with Crippen LogP contribution in [0.2, 0.25) is 0 Å². The van der Waals surface area contributed by atoms with Gasteiger partial charge in [0.05, 0.1) is 25.4 Å². The summed E-state index contributed by atoms with van der Waals surface area (Å²) in [6, 6.07) is -0.563. The van der Waals surface area contributed by atoms with Crippen LogP contribution < -0.4 is 5.32 Å². The molecule has 0 spiro atoms. The van der Waals surface area contributed by atoms with Gasteiger partial charge in [-0.2, -0.15) is 0 Å². The van der Waals surface area contributed by atoms with Crippen LogP contribution in [-0.4, -0.2) is 47.4 Å². The van der Waals surface area contributed by atoms with Crippen LogP contribution in [0.4, 0.5) is 0 Å². The zero-order chi connectivity index (χ0) is 50.7. The molecule has 0 aliphatic rings. The van der Waals surface area contributed by atoms with E-state index in [1.165, 1.54) is 212 Å². The zero-order valence-corrected chi connectivity index (χ0v) is 47.0. The molecule has 6 nitrogen and oxygen atoms in total. The lowest BCUT2D eigenvalue weighted by Gasteiger charge is -2.22. The molecule has 0 bridgehead atoms. The Balaban J connectivity index is 3.49. The lowest BCUT2D eigenvalue weighted by Crippen LogP contribution is -2.45. The second-order valence-corrected chi connectivity index (χ2v) is 21.4. The van der Waals surface area contributed by atoms with Gasteiger partial charge >= 0.3 is 5.97 Å². The van der Waals surface area contributed by atoms with Crippen LogP contribution in [0.15, 0.2) is 36.5 Å². The number of carbonyl (C=O) groups excluding carboxylic acids is 2. The Hall–Kier alpha value is -1.92. The van der Waals surface area contributed by atoms with Crippen LogP contribution in [0.3, 0.4) is 0 Å². The Morgan fingerprint density at radius 1 is 0.400 bits per heavy atom. The maximum absolute atomic E-state index is 12.5. The van der Waals surface area contributed by atoms with E-state index >= 15 is 0 Å². The minimum Gasteiger partial charge on any atom is -0.466 e. The van der Waals surface area contributed by atoms with Crippen molar-refractivity contribution in [3.05, 3.63) is 36.5 Å². The van der Waals surface area contributed by atoms with Crippen LogP contribution in [0.25, 0.3) is 0 Å². The predicted octanol–water partition coefficient (Wildman–Crippen LogP) is 19.6. The summed E-state index contributed by atoms with van der Waals surface area (Å²) in [4.78, 5) is 24.6. The standard InChI is InChI=1S/C64H121NO5/c1-3-5-7-9-11-13-15-17-19-21-22-23-24-25-26-27-28-29-30-32-36-40-44-48-52-56-62(67)61(60-66)65-63(68)57-53-49-45-41-37-34-35-39-43-47-51-55-59-70-64(69)58-54-50-46-42-38-33-31-20-18-16-14-12-10-8-6-4-2/h14,16,20,31,35,39,61-62,66-67H,3-13,15,17-19,21-30,32-34,36-38,40-60H2,1-2H3,(H,65,68)/b16-14-,31-20-,39-35-. The monoisotopic (exact) mass is 984 g/mol. The number of amides is 1. The zero-order valence-electron chi connectivity index (χ0n) is 47.0. The van der Waals surface area contributed by atoms with E-state index in [9.17, 15) is 19.8 Å². The van der Waals surface area contributed by atoms with Crippen molar-refractivity contribution in [3.8, 4) is 0 Å². The van der Waals surface area contributed by atoms with Crippen LogP contribution in [0.5, 0.6) is 0 Å². The number of hydrogen-bond acceptors (Lipinski definition) is 5. The van der Waals surface area contributed by atoms with E-state index in [1.807, 2.05) is 0 Å². The largest absolute Gasteiger partial charge is 0.466 e. The summed E-state index contributed by atoms with van der Waals surface area (Å²) in [5, 5.41) is 23.4. The van der Waals surface area contributed by atoms with Crippen molar-refractivity contribution in [2.75, 3.05) is 13.2 Å². The number of rotatable bonds is 58. The molecule has 0 aliphatic carbocycles. The van der Waals surface area contributed by atoms with Crippen molar-refractivity contribution in [1.29, 1.82) is 0 Å². The summed E-state index contributed by atoms with van der Waals surface area (Å²) in [7, 11) is 0. The SMILES string of the molecule is CCCCCC/C=C\C/C=C\CCCCCCCC(=O)OCCCCC/C=C\CCCCCCCC(=O)NC(CO)C(O)CCCCCCCCCCCCCCCCCCCCCCCCCCC. The van der Waals surface area contributed by atoms with E-state index in [2.05, 4.69) is 55.6 Å². The Morgan fingerprint density at radius 3 is 1.11 bits per heavy atom. The Morgan fingerprint density at radius 2 is 0.714 bits per heavy atom. The van der Waals surface area contributed by atoms with Gasteiger partial charge in [0.2, 0.25) is 5.91 Å². The van der Waals surface area contributed by atoms with Crippen LogP contribution in [-0.2, 0) is 14.3 Å². The van der Waals surface area contributed by atoms with E-state index in [0.29, 0.717) is 25.9 Å². The molecule has 0 radical (unpaired) electrons. The van der Waals surface area contributed by atoms with Gasteiger partial charge in [-0.15, -0.1) is 0 Å². The molecule has 0 heterocycles. The summed E-state index contributed by atoms with van der Waals surface area (Å²) in [6.45, 7) is 4.89. The molecule has 0 rings (SSSR count). The van der Waals surface area contributed by atoms with Crippen molar-refractivity contribution in [3.63, 3.8) is 0 Å². The van der Waals surface area contributed by atoms with Gasteiger partial charge < -0.3 is 20.3 Å². The molecule has 2 atom stereocenters. The fourth-order valence-electron chi connectivity index (χ4n) is 9.61. The van der Waals surface area contributed by atoms with E-state index in [0.717, 1.165) is 89.9 Å². The number of aliphatic hydroxyl groups is 2. The lowest BCUT2D eigenvalue weighted by molar-refractivity contribution is -0.143. The number of hydrogen-bond donors (Lipinski definition) is 3. The van der Waals surface area contributed by atoms with Gasteiger partial charge in [-0.25, -0.2) is 0 Å². The van der Waals surface area contributed by atoms with E-state index in [-0.39, 0.29) is 18.5 Å². The first-order chi connectivity index (χ1) is 34.5. The molecule has 0 aromatic rings. The Labute approximate surface area is 436 Å². The molecule has 412 valence electrons. The van der Waals surface area contributed by atoms with Gasteiger partial charge in [0.15, 0.2) is 0 Å². The number of carbonyl (C=O) groups is 2. The highest BCUT2D eigenvalue weighted by Crippen LogP contribution is 2.18. The lowest BCUT2D eigenvalue weighted by atomic mass is 10.0. The topological polar surface area (TPSA) is 95.9 Å². The molecule has 0 aliphatic heterocycles. The van der Waals surface area contributed by atoms with Crippen LogP contribution in [0.1, 0.15) is 335 Å². The van der Waals surface area contributed by atoms with Crippen molar-refractivity contribution in [2.24, 2.45) is 0 Å². The highest BCUT2D eigenvalue weighted by molar-refractivity contribution is 5.76. The maximum atomic E-state index is 12.5. The molecule has 1 amide bonds. The molecule has 6 heteroatoms. The second-order valence-electron chi connectivity index (χ2n) is 21.4. The van der Waals surface area contributed by atoms with E-state index in [1.54, 1.807) is 0 Å². The van der Waals surface area contributed by atoms with Gasteiger partial charge in [-0.1, -0.05) is 269 Å². The molecule has 70 heavy (non-hydrogen) atoms. The summed E-state index contributed by atoms with van der Waals surface area (Å²) in [5.74, 6) is -0.0941.